The highest BCUT2D eigenvalue weighted by molar-refractivity contribution is 5.72. The molecule has 3 heteroatoms. The Morgan fingerprint density at radius 3 is 2.85 bits per heavy atom. The van der Waals surface area contributed by atoms with Crippen molar-refractivity contribution in [3.63, 3.8) is 0 Å². The van der Waals surface area contributed by atoms with E-state index in [0.717, 1.165) is 25.8 Å². The van der Waals surface area contributed by atoms with E-state index < -0.39 is 5.97 Å². The van der Waals surface area contributed by atoms with Gasteiger partial charge in [-0.15, -0.1) is 0 Å². The van der Waals surface area contributed by atoms with Crippen LogP contribution in [-0.2, 0) is 4.79 Å². The molecular weight excluding hydrogens is 166 g/mol. The molecule has 0 amide bonds. The average molecular weight is 185 g/mol. The first kappa shape index (κ1) is 10.5. The molecule has 1 N–H and O–H groups in total. The van der Waals surface area contributed by atoms with Crippen LogP contribution in [0.15, 0.2) is 0 Å². The maximum Gasteiger partial charge on any atom is 0.320 e. The average Bonchev–Trinajstić information content (AvgIpc) is 2.16. The maximum atomic E-state index is 10.8. The van der Waals surface area contributed by atoms with Gasteiger partial charge in [-0.1, -0.05) is 13.3 Å². The van der Waals surface area contributed by atoms with Crippen LogP contribution < -0.4 is 0 Å². The van der Waals surface area contributed by atoms with Crippen LogP contribution in [0.3, 0.4) is 0 Å². The summed E-state index contributed by atoms with van der Waals surface area (Å²) in [4.78, 5) is 12.9. The SMILES string of the molecule is CC[C@H]1CCCCN1[C@@H](C)C(=O)O. The second-order valence-electron chi connectivity index (χ2n) is 3.81. The summed E-state index contributed by atoms with van der Waals surface area (Å²) in [5.74, 6) is -0.694. The van der Waals surface area contributed by atoms with E-state index in [1.165, 1.54) is 6.42 Å². The Balaban J connectivity index is 2.58. The van der Waals surface area contributed by atoms with E-state index in [0.29, 0.717) is 6.04 Å². The second-order valence-corrected chi connectivity index (χ2v) is 3.81. The van der Waals surface area contributed by atoms with Crippen molar-refractivity contribution >= 4 is 5.97 Å². The van der Waals surface area contributed by atoms with Gasteiger partial charge in [0.2, 0.25) is 0 Å². The zero-order chi connectivity index (χ0) is 9.84. The summed E-state index contributed by atoms with van der Waals surface area (Å²) in [6, 6.07) is 0.171. The summed E-state index contributed by atoms with van der Waals surface area (Å²) in [5.41, 5.74) is 0. The van der Waals surface area contributed by atoms with Gasteiger partial charge in [0, 0.05) is 6.04 Å². The normalized spacial score (nSPS) is 27.1. The van der Waals surface area contributed by atoms with Gasteiger partial charge in [0.1, 0.15) is 6.04 Å². The van der Waals surface area contributed by atoms with Gasteiger partial charge in [-0.2, -0.15) is 0 Å². The molecular formula is C10H19NO2. The molecule has 0 aliphatic carbocycles. The molecule has 0 spiro atoms. The fraction of sp³-hybridized carbons (Fsp3) is 0.900. The van der Waals surface area contributed by atoms with Crippen molar-refractivity contribution in [2.45, 2.75) is 51.6 Å². The van der Waals surface area contributed by atoms with Crippen LogP contribution in [0, 0.1) is 0 Å². The van der Waals surface area contributed by atoms with Gasteiger partial charge in [0.25, 0.3) is 0 Å². The Labute approximate surface area is 79.7 Å². The number of hydrogen-bond donors (Lipinski definition) is 1. The van der Waals surface area contributed by atoms with E-state index in [1.54, 1.807) is 6.92 Å². The lowest BCUT2D eigenvalue weighted by atomic mass is 9.98. The fourth-order valence-corrected chi connectivity index (χ4v) is 2.11. The predicted octanol–water partition coefficient (Wildman–Crippen LogP) is 1.72. The highest BCUT2D eigenvalue weighted by atomic mass is 16.4. The minimum absolute atomic E-state index is 0.315. The van der Waals surface area contributed by atoms with Crippen molar-refractivity contribution in [2.75, 3.05) is 6.54 Å². The summed E-state index contributed by atoms with van der Waals surface area (Å²) < 4.78 is 0. The lowest BCUT2D eigenvalue weighted by molar-refractivity contribution is -0.144. The molecule has 0 bridgehead atoms. The molecule has 1 fully saturated rings. The Bertz CT molecular complexity index is 182. The molecule has 0 aromatic carbocycles. The van der Waals surface area contributed by atoms with Gasteiger partial charge in [-0.3, -0.25) is 9.69 Å². The summed E-state index contributed by atoms with van der Waals surface area (Å²) >= 11 is 0. The molecule has 3 nitrogen and oxygen atoms in total. The molecule has 0 radical (unpaired) electrons. The Morgan fingerprint density at radius 2 is 2.31 bits per heavy atom. The van der Waals surface area contributed by atoms with E-state index in [4.69, 9.17) is 5.11 Å². The van der Waals surface area contributed by atoms with E-state index in [-0.39, 0.29) is 6.04 Å². The summed E-state index contributed by atoms with van der Waals surface area (Å²) in [7, 11) is 0. The molecule has 0 unspecified atom stereocenters. The number of nitrogens with zero attached hydrogens (tertiary/aromatic N) is 1. The topological polar surface area (TPSA) is 40.5 Å². The number of carbonyl (C=O) groups is 1. The van der Waals surface area contributed by atoms with Crippen LogP contribution in [0.4, 0.5) is 0 Å². The minimum atomic E-state index is -0.694. The van der Waals surface area contributed by atoms with Crippen molar-refractivity contribution in [3.05, 3.63) is 0 Å². The molecule has 1 saturated heterocycles. The number of hydrogen-bond acceptors (Lipinski definition) is 2. The minimum Gasteiger partial charge on any atom is -0.480 e. The van der Waals surface area contributed by atoms with Crippen molar-refractivity contribution in [1.82, 2.24) is 4.90 Å². The van der Waals surface area contributed by atoms with Gasteiger partial charge >= 0.3 is 5.97 Å². The van der Waals surface area contributed by atoms with Gasteiger partial charge in [0.05, 0.1) is 0 Å². The molecule has 0 aromatic rings. The van der Waals surface area contributed by atoms with E-state index in [1.807, 2.05) is 0 Å². The number of rotatable bonds is 3. The largest absolute Gasteiger partial charge is 0.480 e. The smallest absolute Gasteiger partial charge is 0.320 e. The van der Waals surface area contributed by atoms with Crippen molar-refractivity contribution in [1.29, 1.82) is 0 Å². The van der Waals surface area contributed by atoms with Crippen LogP contribution in [0.1, 0.15) is 39.5 Å². The molecule has 0 aromatic heterocycles. The summed E-state index contributed by atoms with van der Waals surface area (Å²) in [6.45, 7) is 4.87. The fourth-order valence-electron chi connectivity index (χ4n) is 2.11. The molecule has 2 atom stereocenters. The standard InChI is InChI=1S/C10H19NO2/c1-3-9-6-4-5-7-11(9)8(2)10(12)13/h8-9H,3-7H2,1-2H3,(H,12,13)/t8-,9-/m0/s1. The highest BCUT2D eigenvalue weighted by Crippen LogP contribution is 2.21. The van der Waals surface area contributed by atoms with Crippen LogP contribution in [0.25, 0.3) is 0 Å². The molecule has 76 valence electrons. The maximum absolute atomic E-state index is 10.8. The number of aliphatic carboxylic acids is 1. The quantitative estimate of drug-likeness (QED) is 0.728. The van der Waals surface area contributed by atoms with Crippen LogP contribution in [0.2, 0.25) is 0 Å². The van der Waals surface area contributed by atoms with E-state index in [2.05, 4.69) is 11.8 Å². The lowest BCUT2D eigenvalue weighted by Gasteiger charge is -2.37. The molecule has 1 aliphatic heterocycles. The van der Waals surface area contributed by atoms with Crippen LogP contribution >= 0.6 is 0 Å². The molecule has 1 aliphatic rings. The van der Waals surface area contributed by atoms with Crippen molar-refractivity contribution in [2.24, 2.45) is 0 Å². The second kappa shape index (κ2) is 4.61. The van der Waals surface area contributed by atoms with Crippen molar-refractivity contribution < 1.29 is 9.90 Å². The number of likely N-dealkylation sites (tertiary alicyclic amines) is 1. The van der Waals surface area contributed by atoms with Crippen LogP contribution in [-0.4, -0.2) is 34.6 Å². The van der Waals surface area contributed by atoms with Crippen LogP contribution in [0.5, 0.6) is 0 Å². The Hall–Kier alpha value is -0.570. The van der Waals surface area contributed by atoms with E-state index in [9.17, 15) is 4.79 Å². The molecule has 13 heavy (non-hydrogen) atoms. The third-order valence-corrected chi connectivity index (χ3v) is 3.00. The Morgan fingerprint density at radius 1 is 1.62 bits per heavy atom. The van der Waals surface area contributed by atoms with Crippen molar-refractivity contribution in [3.8, 4) is 0 Å². The summed E-state index contributed by atoms with van der Waals surface area (Å²) in [5, 5.41) is 8.91. The highest BCUT2D eigenvalue weighted by Gasteiger charge is 2.28. The molecule has 1 rings (SSSR count). The molecule has 1 heterocycles. The third kappa shape index (κ3) is 2.44. The van der Waals surface area contributed by atoms with Gasteiger partial charge in [-0.25, -0.2) is 0 Å². The predicted molar refractivity (Wildman–Crippen MR) is 51.7 cm³/mol. The summed E-state index contributed by atoms with van der Waals surface area (Å²) in [6.07, 6.45) is 4.63. The molecule has 0 saturated carbocycles. The monoisotopic (exact) mass is 185 g/mol. The number of piperidine rings is 1. The first-order valence-electron chi connectivity index (χ1n) is 5.15. The zero-order valence-corrected chi connectivity index (χ0v) is 8.49. The first-order chi connectivity index (χ1) is 6.16. The van der Waals surface area contributed by atoms with Gasteiger partial charge in [0.15, 0.2) is 0 Å². The third-order valence-electron chi connectivity index (χ3n) is 3.00. The number of carboxylic acids is 1. The zero-order valence-electron chi connectivity index (χ0n) is 8.49. The lowest BCUT2D eigenvalue weighted by Crippen LogP contribution is -2.48. The van der Waals surface area contributed by atoms with E-state index >= 15 is 0 Å². The Kier molecular flexibility index (Phi) is 3.72. The first-order valence-corrected chi connectivity index (χ1v) is 5.15. The van der Waals surface area contributed by atoms with Gasteiger partial charge in [-0.05, 0) is 32.7 Å². The number of carboxylic acid groups (broad SMARTS) is 1. The van der Waals surface area contributed by atoms with Gasteiger partial charge < -0.3 is 5.11 Å².